The maximum absolute atomic E-state index is 13.2. The number of carbonyl (C=O) groups excluding carboxylic acids is 2. The van der Waals surface area contributed by atoms with Gasteiger partial charge in [0.1, 0.15) is 11.8 Å². The molecule has 1 atom stereocenters. The Labute approximate surface area is 196 Å². The van der Waals surface area contributed by atoms with Crippen molar-refractivity contribution in [2.24, 2.45) is 0 Å². The van der Waals surface area contributed by atoms with E-state index in [4.69, 9.17) is 16.3 Å². The fraction of sp³-hybridized carbons (Fsp3) is 0.462. The van der Waals surface area contributed by atoms with E-state index in [1.807, 2.05) is 50.2 Å². The van der Waals surface area contributed by atoms with Crippen LogP contribution in [0.1, 0.15) is 55.7 Å². The lowest BCUT2D eigenvalue weighted by molar-refractivity contribution is -0.142. The summed E-state index contributed by atoms with van der Waals surface area (Å²) < 4.78 is 5.85. The molecule has 0 aliphatic heterocycles. The normalized spacial score (nSPS) is 15.1. The van der Waals surface area contributed by atoms with E-state index in [2.05, 4.69) is 5.32 Å². The fourth-order valence-electron chi connectivity index (χ4n) is 4.06. The Kier molecular flexibility index (Phi) is 8.57. The number of benzene rings is 2. The molecule has 0 bridgehead atoms. The lowest BCUT2D eigenvalue weighted by Gasteiger charge is -2.31. The summed E-state index contributed by atoms with van der Waals surface area (Å²) in [5.74, 6) is 0.288. The zero-order valence-electron chi connectivity index (χ0n) is 19.2. The highest BCUT2D eigenvalue weighted by Crippen LogP contribution is 2.23. The standard InChI is InChI=1S/C26H33ClN2O3/c1-18-10-9-15-24(19(18)2)32-17-25(30)29(16-21-11-7-8-14-23(21)27)20(3)26(31)28-22-12-5-4-6-13-22/h7-11,14-15,20,22H,4-6,12-13,16-17H2,1-3H3,(H,28,31). The molecule has 32 heavy (non-hydrogen) atoms. The minimum absolute atomic E-state index is 0.135. The molecular formula is C26H33ClN2O3. The van der Waals surface area contributed by atoms with Gasteiger partial charge in [-0.05, 0) is 62.4 Å². The maximum atomic E-state index is 13.2. The van der Waals surface area contributed by atoms with Crippen molar-refractivity contribution >= 4 is 23.4 Å². The first-order valence-electron chi connectivity index (χ1n) is 11.4. The van der Waals surface area contributed by atoms with E-state index in [1.54, 1.807) is 17.9 Å². The van der Waals surface area contributed by atoms with Gasteiger partial charge >= 0.3 is 0 Å². The van der Waals surface area contributed by atoms with Crippen LogP contribution in [0, 0.1) is 13.8 Å². The molecule has 5 nitrogen and oxygen atoms in total. The SMILES string of the molecule is Cc1cccc(OCC(=O)N(Cc2ccccc2Cl)C(C)C(=O)NC2CCCCC2)c1C. The largest absolute Gasteiger partial charge is 0.483 e. The van der Waals surface area contributed by atoms with Gasteiger partial charge in [0.15, 0.2) is 6.61 Å². The van der Waals surface area contributed by atoms with Crippen molar-refractivity contribution in [2.45, 2.75) is 71.5 Å². The van der Waals surface area contributed by atoms with E-state index in [-0.39, 0.29) is 31.0 Å². The smallest absolute Gasteiger partial charge is 0.261 e. The molecule has 0 saturated heterocycles. The molecule has 1 fully saturated rings. The van der Waals surface area contributed by atoms with Crippen LogP contribution in [-0.4, -0.2) is 35.4 Å². The van der Waals surface area contributed by atoms with Crippen LogP contribution in [0.4, 0.5) is 0 Å². The Balaban J connectivity index is 1.74. The second-order valence-electron chi connectivity index (χ2n) is 8.62. The zero-order valence-corrected chi connectivity index (χ0v) is 20.0. The van der Waals surface area contributed by atoms with Crippen LogP contribution >= 0.6 is 11.6 Å². The molecule has 1 N–H and O–H groups in total. The van der Waals surface area contributed by atoms with E-state index in [1.165, 1.54) is 6.42 Å². The maximum Gasteiger partial charge on any atom is 0.261 e. The molecule has 0 spiro atoms. The lowest BCUT2D eigenvalue weighted by atomic mass is 9.95. The third kappa shape index (κ3) is 6.26. The number of nitrogens with one attached hydrogen (secondary N) is 1. The van der Waals surface area contributed by atoms with Gasteiger partial charge in [-0.2, -0.15) is 0 Å². The Morgan fingerprint density at radius 1 is 1.09 bits per heavy atom. The zero-order chi connectivity index (χ0) is 23.1. The van der Waals surface area contributed by atoms with E-state index in [0.717, 1.165) is 42.4 Å². The summed E-state index contributed by atoms with van der Waals surface area (Å²) >= 11 is 6.35. The molecule has 0 radical (unpaired) electrons. The first kappa shape index (κ1) is 24.1. The summed E-state index contributed by atoms with van der Waals surface area (Å²) in [6.07, 6.45) is 5.46. The number of rotatable bonds is 8. The van der Waals surface area contributed by atoms with Crippen LogP contribution in [-0.2, 0) is 16.1 Å². The Morgan fingerprint density at radius 3 is 2.53 bits per heavy atom. The Morgan fingerprint density at radius 2 is 1.81 bits per heavy atom. The van der Waals surface area contributed by atoms with Crippen LogP contribution in [0.2, 0.25) is 5.02 Å². The summed E-state index contributed by atoms with van der Waals surface area (Å²) in [5, 5.41) is 3.71. The van der Waals surface area contributed by atoms with Crippen molar-refractivity contribution in [3.05, 3.63) is 64.2 Å². The van der Waals surface area contributed by atoms with E-state index >= 15 is 0 Å². The van der Waals surface area contributed by atoms with Crippen LogP contribution in [0.25, 0.3) is 0 Å². The van der Waals surface area contributed by atoms with Crippen LogP contribution in [0.15, 0.2) is 42.5 Å². The van der Waals surface area contributed by atoms with E-state index < -0.39 is 6.04 Å². The van der Waals surface area contributed by atoms with Crippen LogP contribution < -0.4 is 10.1 Å². The number of hydrogen-bond acceptors (Lipinski definition) is 3. The molecule has 1 aliphatic carbocycles. The number of aryl methyl sites for hydroxylation is 1. The molecule has 0 heterocycles. The highest BCUT2D eigenvalue weighted by molar-refractivity contribution is 6.31. The second-order valence-corrected chi connectivity index (χ2v) is 9.03. The summed E-state index contributed by atoms with van der Waals surface area (Å²) in [6, 6.07) is 12.7. The first-order valence-corrected chi connectivity index (χ1v) is 11.8. The molecule has 3 rings (SSSR count). The van der Waals surface area contributed by atoms with Gasteiger partial charge < -0.3 is 15.0 Å². The van der Waals surface area contributed by atoms with Gasteiger partial charge in [-0.15, -0.1) is 0 Å². The molecule has 2 aromatic carbocycles. The minimum atomic E-state index is -0.636. The van der Waals surface area contributed by atoms with Gasteiger partial charge in [0.05, 0.1) is 0 Å². The quantitative estimate of drug-likeness (QED) is 0.593. The number of carbonyl (C=O) groups is 2. The topological polar surface area (TPSA) is 58.6 Å². The summed E-state index contributed by atoms with van der Waals surface area (Å²) in [4.78, 5) is 27.8. The summed E-state index contributed by atoms with van der Waals surface area (Å²) in [6.45, 7) is 5.84. The number of ether oxygens (including phenoxy) is 1. The third-order valence-electron chi connectivity index (χ3n) is 6.32. The van der Waals surface area contributed by atoms with Gasteiger partial charge in [0, 0.05) is 17.6 Å². The first-order chi connectivity index (χ1) is 15.4. The van der Waals surface area contributed by atoms with Gasteiger partial charge in [0.2, 0.25) is 5.91 Å². The Hall–Kier alpha value is -2.53. The van der Waals surface area contributed by atoms with Gasteiger partial charge in [0.25, 0.3) is 5.91 Å². The van der Waals surface area contributed by atoms with Crippen molar-refractivity contribution in [2.75, 3.05) is 6.61 Å². The highest BCUT2D eigenvalue weighted by Gasteiger charge is 2.29. The average Bonchev–Trinajstić information content (AvgIpc) is 2.79. The van der Waals surface area contributed by atoms with Crippen molar-refractivity contribution < 1.29 is 14.3 Å². The molecule has 1 unspecified atom stereocenters. The molecule has 2 amide bonds. The molecule has 172 valence electrons. The number of amides is 2. The Bertz CT molecular complexity index is 940. The summed E-state index contributed by atoms with van der Waals surface area (Å²) in [7, 11) is 0. The van der Waals surface area contributed by atoms with Crippen LogP contribution in [0.3, 0.4) is 0 Å². The molecule has 6 heteroatoms. The van der Waals surface area contributed by atoms with Crippen molar-refractivity contribution in [1.29, 1.82) is 0 Å². The number of hydrogen-bond donors (Lipinski definition) is 1. The molecule has 2 aromatic rings. The predicted octanol–water partition coefficient (Wildman–Crippen LogP) is 5.20. The predicted molar refractivity (Wildman–Crippen MR) is 128 cm³/mol. The third-order valence-corrected chi connectivity index (χ3v) is 6.69. The fourth-order valence-corrected chi connectivity index (χ4v) is 4.26. The number of nitrogens with zero attached hydrogens (tertiary/aromatic N) is 1. The molecule has 1 aliphatic rings. The van der Waals surface area contributed by atoms with Gasteiger partial charge in [-0.3, -0.25) is 9.59 Å². The minimum Gasteiger partial charge on any atom is -0.483 e. The van der Waals surface area contributed by atoms with E-state index in [0.29, 0.717) is 10.8 Å². The van der Waals surface area contributed by atoms with Crippen molar-refractivity contribution in [3.63, 3.8) is 0 Å². The molecule has 0 aromatic heterocycles. The van der Waals surface area contributed by atoms with Crippen LogP contribution in [0.5, 0.6) is 5.75 Å². The van der Waals surface area contributed by atoms with E-state index in [9.17, 15) is 9.59 Å². The average molecular weight is 457 g/mol. The van der Waals surface area contributed by atoms with Gasteiger partial charge in [-0.25, -0.2) is 0 Å². The molecule has 1 saturated carbocycles. The van der Waals surface area contributed by atoms with Gasteiger partial charge in [-0.1, -0.05) is 61.2 Å². The van der Waals surface area contributed by atoms with Crippen molar-refractivity contribution in [3.8, 4) is 5.75 Å². The molecular weight excluding hydrogens is 424 g/mol. The summed E-state index contributed by atoms with van der Waals surface area (Å²) in [5.41, 5.74) is 2.90. The highest BCUT2D eigenvalue weighted by atomic mass is 35.5. The van der Waals surface area contributed by atoms with Crippen molar-refractivity contribution in [1.82, 2.24) is 10.2 Å². The monoisotopic (exact) mass is 456 g/mol. The second kappa shape index (κ2) is 11.4. The number of halogens is 1. The lowest BCUT2D eigenvalue weighted by Crippen LogP contribution is -2.51.